The van der Waals surface area contributed by atoms with Gasteiger partial charge in [0, 0.05) is 44.5 Å². The quantitative estimate of drug-likeness (QED) is 0.778. The van der Waals surface area contributed by atoms with Crippen LogP contribution in [0.15, 0.2) is 24.5 Å². The highest BCUT2D eigenvalue weighted by Crippen LogP contribution is 2.28. The number of rotatable bonds is 5. The number of hydrogen-bond donors (Lipinski definition) is 0. The molecule has 2 aliphatic heterocycles. The van der Waals surface area contributed by atoms with Crippen LogP contribution < -0.4 is 0 Å². The first-order valence-electron chi connectivity index (χ1n) is 8.98. The van der Waals surface area contributed by atoms with Gasteiger partial charge in [0.15, 0.2) is 9.84 Å². The average Bonchev–Trinajstić information content (AvgIpc) is 2.89. The van der Waals surface area contributed by atoms with E-state index < -0.39 is 9.84 Å². The van der Waals surface area contributed by atoms with Gasteiger partial charge in [0.25, 0.3) is 0 Å². The van der Waals surface area contributed by atoms with Gasteiger partial charge < -0.3 is 4.90 Å². The number of aryl methyl sites for hydroxylation is 1. The molecule has 3 rings (SSSR count). The summed E-state index contributed by atoms with van der Waals surface area (Å²) in [4.78, 5) is 20.8. The van der Waals surface area contributed by atoms with Gasteiger partial charge >= 0.3 is 0 Å². The molecule has 0 unspecified atom stereocenters. The average molecular weight is 365 g/mol. The smallest absolute Gasteiger partial charge is 0.223 e. The molecule has 0 aliphatic carbocycles. The summed E-state index contributed by atoms with van der Waals surface area (Å²) in [5.41, 5.74) is 1.08. The van der Waals surface area contributed by atoms with Crippen molar-refractivity contribution in [3.8, 4) is 0 Å². The maximum absolute atomic E-state index is 12.8. The van der Waals surface area contributed by atoms with Gasteiger partial charge in [-0.2, -0.15) is 0 Å². The lowest BCUT2D eigenvalue weighted by atomic mass is 10.0. The van der Waals surface area contributed by atoms with Gasteiger partial charge in [-0.05, 0) is 30.0 Å². The molecule has 1 aromatic rings. The summed E-state index contributed by atoms with van der Waals surface area (Å²) in [6, 6.07) is 3.58. The second-order valence-corrected chi connectivity index (χ2v) is 9.70. The zero-order valence-electron chi connectivity index (χ0n) is 15.0. The van der Waals surface area contributed by atoms with Crippen molar-refractivity contribution in [1.29, 1.82) is 0 Å². The minimum absolute atomic E-state index is 0.0500. The zero-order valence-corrected chi connectivity index (χ0v) is 15.8. The van der Waals surface area contributed by atoms with E-state index in [2.05, 4.69) is 23.7 Å². The van der Waals surface area contributed by atoms with E-state index in [1.54, 1.807) is 12.4 Å². The van der Waals surface area contributed by atoms with Crippen LogP contribution in [0.2, 0.25) is 0 Å². The third-order valence-corrected chi connectivity index (χ3v) is 6.79. The van der Waals surface area contributed by atoms with E-state index in [0.717, 1.165) is 18.7 Å². The fourth-order valence-electron chi connectivity index (χ4n) is 3.97. The number of carbonyl (C=O) groups is 1. The molecular formula is C18H27N3O3S. The van der Waals surface area contributed by atoms with Crippen molar-refractivity contribution in [2.24, 2.45) is 5.92 Å². The van der Waals surface area contributed by atoms with E-state index in [4.69, 9.17) is 0 Å². The van der Waals surface area contributed by atoms with Crippen molar-refractivity contribution in [1.82, 2.24) is 14.8 Å². The van der Waals surface area contributed by atoms with Crippen molar-refractivity contribution >= 4 is 15.7 Å². The molecule has 138 valence electrons. The Morgan fingerprint density at radius 3 is 2.56 bits per heavy atom. The molecule has 0 bridgehead atoms. The molecule has 7 heteroatoms. The van der Waals surface area contributed by atoms with Gasteiger partial charge in [-0.25, -0.2) is 8.42 Å². The first-order chi connectivity index (χ1) is 11.9. The standard InChI is InChI=1S/C18H27N3O3S/c1-14(2)11-20-9-10-21(17-13-25(23,24)12-16(17)20)18(22)4-3-15-5-7-19-8-6-15/h5-8,14,16-17H,3-4,9-13H2,1-2H3/t16-,17+/m0/s1. The topological polar surface area (TPSA) is 70.6 Å². The molecule has 0 spiro atoms. The fraction of sp³-hybridized carbons (Fsp3) is 0.667. The highest BCUT2D eigenvalue weighted by Gasteiger charge is 2.47. The molecule has 1 amide bonds. The van der Waals surface area contributed by atoms with E-state index >= 15 is 0 Å². The zero-order chi connectivity index (χ0) is 18.0. The number of aromatic nitrogens is 1. The Morgan fingerprint density at radius 1 is 1.20 bits per heavy atom. The third-order valence-electron chi connectivity index (χ3n) is 5.09. The van der Waals surface area contributed by atoms with Gasteiger partial charge in [-0.1, -0.05) is 13.8 Å². The van der Waals surface area contributed by atoms with Crippen LogP contribution in [0.25, 0.3) is 0 Å². The summed E-state index contributed by atoms with van der Waals surface area (Å²) in [5, 5.41) is 0. The van der Waals surface area contributed by atoms with Crippen LogP contribution >= 0.6 is 0 Å². The summed E-state index contributed by atoms with van der Waals surface area (Å²) in [6.45, 7) is 6.56. The van der Waals surface area contributed by atoms with E-state index in [9.17, 15) is 13.2 Å². The molecule has 0 N–H and O–H groups in total. The Bertz CT molecular complexity index is 706. The van der Waals surface area contributed by atoms with Gasteiger partial charge in [0.2, 0.25) is 5.91 Å². The lowest BCUT2D eigenvalue weighted by Crippen LogP contribution is -2.61. The number of fused-ring (bicyclic) bond motifs is 1. The van der Waals surface area contributed by atoms with Crippen LogP contribution in [0, 0.1) is 5.92 Å². The summed E-state index contributed by atoms with van der Waals surface area (Å²) >= 11 is 0. The maximum Gasteiger partial charge on any atom is 0.223 e. The van der Waals surface area contributed by atoms with Crippen LogP contribution in [0.3, 0.4) is 0 Å². The van der Waals surface area contributed by atoms with Crippen LogP contribution in [0.1, 0.15) is 25.8 Å². The molecule has 6 nitrogen and oxygen atoms in total. The number of nitrogens with zero attached hydrogens (tertiary/aromatic N) is 3. The Labute approximate surface area is 150 Å². The lowest BCUT2D eigenvalue weighted by molar-refractivity contribution is -0.137. The lowest BCUT2D eigenvalue weighted by Gasteiger charge is -2.44. The van der Waals surface area contributed by atoms with Gasteiger partial charge in [-0.15, -0.1) is 0 Å². The second-order valence-electron chi connectivity index (χ2n) is 7.54. The first kappa shape index (κ1) is 18.3. The summed E-state index contributed by atoms with van der Waals surface area (Å²) in [5.74, 6) is 0.831. The summed E-state index contributed by atoms with van der Waals surface area (Å²) in [7, 11) is -3.07. The molecule has 25 heavy (non-hydrogen) atoms. The molecule has 0 radical (unpaired) electrons. The van der Waals surface area contributed by atoms with Crippen molar-refractivity contribution < 1.29 is 13.2 Å². The molecule has 2 aliphatic rings. The van der Waals surface area contributed by atoms with Crippen LogP contribution in [0.5, 0.6) is 0 Å². The number of hydrogen-bond acceptors (Lipinski definition) is 5. The first-order valence-corrected chi connectivity index (χ1v) is 10.8. The maximum atomic E-state index is 12.8. The Hall–Kier alpha value is -1.47. The second kappa shape index (κ2) is 7.41. The van der Waals surface area contributed by atoms with Crippen LogP contribution in [0.4, 0.5) is 0 Å². The molecule has 0 aromatic carbocycles. The molecule has 0 saturated carbocycles. The number of piperazine rings is 1. The number of pyridine rings is 1. The highest BCUT2D eigenvalue weighted by atomic mass is 32.2. The van der Waals surface area contributed by atoms with Crippen molar-refractivity contribution in [2.75, 3.05) is 31.1 Å². The van der Waals surface area contributed by atoms with E-state index in [-0.39, 0.29) is 29.5 Å². The fourth-order valence-corrected chi connectivity index (χ4v) is 5.99. The predicted octanol–water partition coefficient (Wildman–Crippen LogP) is 0.980. The molecule has 2 atom stereocenters. The highest BCUT2D eigenvalue weighted by molar-refractivity contribution is 7.91. The molecule has 2 saturated heterocycles. The summed E-state index contributed by atoms with van der Waals surface area (Å²) in [6.07, 6.45) is 4.53. The SMILES string of the molecule is CC(C)CN1CCN(C(=O)CCc2ccncc2)[C@@H]2CS(=O)(=O)C[C@@H]21. The minimum Gasteiger partial charge on any atom is -0.336 e. The Morgan fingerprint density at radius 2 is 1.88 bits per heavy atom. The molecule has 3 heterocycles. The minimum atomic E-state index is -3.07. The molecule has 2 fully saturated rings. The monoisotopic (exact) mass is 365 g/mol. The Balaban J connectivity index is 1.68. The third kappa shape index (κ3) is 4.39. The molecular weight excluding hydrogens is 338 g/mol. The van der Waals surface area contributed by atoms with Gasteiger partial charge in [-0.3, -0.25) is 14.7 Å². The van der Waals surface area contributed by atoms with Crippen molar-refractivity contribution in [3.63, 3.8) is 0 Å². The largest absolute Gasteiger partial charge is 0.336 e. The number of sulfone groups is 1. The van der Waals surface area contributed by atoms with Gasteiger partial charge in [0.1, 0.15) is 0 Å². The van der Waals surface area contributed by atoms with Crippen LogP contribution in [-0.2, 0) is 21.1 Å². The summed E-state index contributed by atoms with van der Waals surface area (Å²) < 4.78 is 24.4. The molecule has 1 aromatic heterocycles. The van der Waals surface area contributed by atoms with Crippen molar-refractivity contribution in [2.45, 2.75) is 38.8 Å². The van der Waals surface area contributed by atoms with E-state index in [1.165, 1.54) is 0 Å². The van der Waals surface area contributed by atoms with E-state index in [1.807, 2.05) is 17.0 Å². The Kier molecular flexibility index (Phi) is 5.43. The van der Waals surface area contributed by atoms with Crippen molar-refractivity contribution in [3.05, 3.63) is 30.1 Å². The van der Waals surface area contributed by atoms with Gasteiger partial charge in [0.05, 0.1) is 17.5 Å². The number of amides is 1. The van der Waals surface area contributed by atoms with E-state index in [0.29, 0.717) is 25.3 Å². The van der Waals surface area contributed by atoms with Crippen LogP contribution in [-0.4, -0.2) is 72.3 Å². The predicted molar refractivity (Wildman–Crippen MR) is 96.9 cm³/mol. The number of carbonyl (C=O) groups excluding carboxylic acids is 1. The normalized spacial score (nSPS) is 26.0.